The van der Waals surface area contributed by atoms with E-state index < -0.39 is 10.1 Å². The van der Waals surface area contributed by atoms with Crippen molar-refractivity contribution in [3.63, 3.8) is 0 Å². The predicted molar refractivity (Wildman–Crippen MR) is 59.9 cm³/mol. The zero-order valence-corrected chi connectivity index (χ0v) is 10.0. The summed E-state index contributed by atoms with van der Waals surface area (Å²) < 4.78 is 36.3. The summed E-state index contributed by atoms with van der Waals surface area (Å²) >= 11 is 0. The zero-order chi connectivity index (χ0) is 12.6. The Balaban J connectivity index is 2.49. The summed E-state index contributed by atoms with van der Waals surface area (Å²) in [6.07, 6.45) is 0.738. The number of rotatable bonds is 2. The molecule has 0 aliphatic carbocycles. The summed E-state index contributed by atoms with van der Waals surface area (Å²) in [6, 6.07) is 3.75. The highest BCUT2D eigenvalue weighted by molar-refractivity contribution is 7.85. The molecule has 0 spiro atoms. The molecular weight excluding hydrogens is 244 g/mol. The van der Waals surface area contributed by atoms with E-state index >= 15 is 0 Å². The van der Waals surface area contributed by atoms with Gasteiger partial charge in [-0.15, -0.1) is 0 Å². The fourth-order valence-electron chi connectivity index (χ4n) is 1.76. The minimum Gasteiger partial charge on any atom is -0.489 e. The van der Waals surface area contributed by atoms with E-state index in [-0.39, 0.29) is 22.5 Å². The van der Waals surface area contributed by atoms with Crippen LogP contribution in [0.25, 0.3) is 0 Å². The van der Waals surface area contributed by atoms with Crippen molar-refractivity contribution in [3.8, 4) is 5.75 Å². The Labute approximate surface area is 99.2 Å². The third-order valence-electron chi connectivity index (χ3n) is 2.71. The Morgan fingerprint density at radius 2 is 2.18 bits per heavy atom. The van der Waals surface area contributed by atoms with Gasteiger partial charge in [0.1, 0.15) is 11.9 Å². The Kier molecular flexibility index (Phi) is 2.92. The maximum absolute atomic E-state index is 11.7. The van der Waals surface area contributed by atoms with Crippen LogP contribution >= 0.6 is 0 Å². The molecule has 1 aliphatic rings. The normalized spacial score (nSPS) is 19.6. The highest BCUT2D eigenvalue weighted by atomic mass is 32.2. The van der Waals surface area contributed by atoms with E-state index in [1.54, 1.807) is 0 Å². The van der Waals surface area contributed by atoms with E-state index in [1.807, 2.05) is 6.92 Å². The lowest BCUT2D eigenvalue weighted by Crippen LogP contribution is -2.26. The number of hydrogen-bond acceptors (Lipinski definition) is 4. The summed E-state index contributed by atoms with van der Waals surface area (Å²) in [5.74, 6) is 0.156. The number of benzene rings is 1. The van der Waals surface area contributed by atoms with Crippen LogP contribution in [0.2, 0.25) is 0 Å². The first kappa shape index (κ1) is 12.1. The van der Waals surface area contributed by atoms with Gasteiger partial charge in [0.05, 0.1) is 10.5 Å². The molecule has 6 heteroatoms. The minimum atomic E-state index is -4.27. The van der Waals surface area contributed by atoms with Gasteiger partial charge in [0, 0.05) is 12.5 Å². The second-order valence-corrected chi connectivity index (χ2v) is 5.33. The van der Waals surface area contributed by atoms with Gasteiger partial charge in [0.25, 0.3) is 10.1 Å². The highest BCUT2D eigenvalue weighted by Crippen LogP contribution is 2.30. The van der Waals surface area contributed by atoms with Crippen LogP contribution in [0.1, 0.15) is 30.1 Å². The van der Waals surface area contributed by atoms with Gasteiger partial charge in [-0.3, -0.25) is 9.35 Å². The molecule has 1 N–H and O–H groups in total. The molecule has 0 bridgehead atoms. The summed E-state index contributed by atoms with van der Waals surface area (Å²) in [7, 11) is -4.27. The molecule has 0 fully saturated rings. The van der Waals surface area contributed by atoms with Crippen molar-refractivity contribution in [3.05, 3.63) is 23.8 Å². The molecule has 17 heavy (non-hydrogen) atoms. The van der Waals surface area contributed by atoms with Crippen molar-refractivity contribution < 1.29 is 22.5 Å². The van der Waals surface area contributed by atoms with E-state index in [2.05, 4.69) is 0 Å². The molecule has 0 amide bonds. The maximum atomic E-state index is 11.7. The average Bonchev–Trinajstić information content (AvgIpc) is 2.27. The number of ether oxygens (including phenoxy) is 1. The first-order chi connectivity index (χ1) is 7.91. The first-order valence-electron chi connectivity index (χ1n) is 5.23. The number of carbonyl (C=O) groups is 1. The summed E-state index contributed by atoms with van der Waals surface area (Å²) in [6.45, 7) is 1.88. The topological polar surface area (TPSA) is 80.7 Å². The van der Waals surface area contributed by atoms with Crippen LogP contribution in [0.15, 0.2) is 23.1 Å². The Morgan fingerprint density at radius 3 is 2.76 bits per heavy atom. The van der Waals surface area contributed by atoms with E-state index in [1.165, 1.54) is 18.2 Å². The SMILES string of the molecule is CCC1CC(=O)c2ccc(S(=O)(=O)O)cc2O1. The molecule has 0 saturated carbocycles. The average molecular weight is 256 g/mol. The Bertz CT molecular complexity index is 561. The van der Waals surface area contributed by atoms with Gasteiger partial charge in [-0.05, 0) is 18.6 Å². The molecule has 5 nitrogen and oxygen atoms in total. The second-order valence-electron chi connectivity index (χ2n) is 3.91. The fraction of sp³-hybridized carbons (Fsp3) is 0.364. The minimum absolute atomic E-state index is 0.0695. The fourth-order valence-corrected chi connectivity index (χ4v) is 2.25. The molecule has 92 valence electrons. The van der Waals surface area contributed by atoms with E-state index in [0.29, 0.717) is 18.4 Å². The summed E-state index contributed by atoms with van der Waals surface area (Å²) in [4.78, 5) is 11.5. The second kappa shape index (κ2) is 4.12. The molecule has 0 saturated heterocycles. The van der Waals surface area contributed by atoms with Crippen LogP contribution in [0.5, 0.6) is 5.75 Å². The molecule has 2 rings (SSSR count). The van der Waals surface area contributed by atoms with E-state index in [4.69, 9.17) is 9.29 Å². The standard InChI is InChI=1S/C11H12O5S/c1-2-7-5-10(12)9-4-3-8(17(13,14)15)6-11(9)16-7/h3-4,6-7H,2,5H2,1H3,(H,13,14,15). The van der Waals surface area contributed by atoms with Crippen molar-refractivity contribution in [2.75, 3.05) is 0 Å². The van der Waals surface area contributed by atoms with Gasteiger partial charge in [0.2, 0.25) is 0 Å². The number of fused-ring (bicyclic) bond motifs is 1. The number of carbonyl (C=O) groups excluding carboxylic acids is 1. The van der Waals surface area contributed by atoms with Gasteiger partial charge in [-0.2, -0.15) is 8.42 Å². The zero-order valence-electron chi connectivity index (χ0n) is 9.21. The highest BCUT2D eigenvalue weighted by Gasteiger charge is 2.26. The van der Waals surface area contributed by atoms with Crippen LogP contribution < -0.4 is 4.74 Å². The lowest BCUT2D eigenvalue weighted by atomic mass is 10.00. The molecule has 1 unspecified atom stereocenters. The molecule has 1 aliphatic heterocycles. The quantitative estimate of drug-likeness (QED) is 0.814. The van der Waals surface area contributed by atoms with Crippen LogP contribution in [0, 0.1) is 0 Å². The maximum Gasteiger partial charge on any atom is 0.294 e. The Hall–Kier alpha value is -1.40. The lowest BCUT2D eigenvalue weighted by Gasteiger charge is -2.24. The van der Waals surface area contributed by atoms with Gasteiger partial charge in [-0.25, -0.2) is 0 Å². The van der Waals surface area contributed by atoms with Gasteiger partial charge in [0.15, 0.2) is 5.78 Å². The smallest absolute Gasteiger partial charge is 0.294 e. The van der Waals surface area contributed by atoms with Crippen molar-refractivity contribution in [1.82, 2.24) is 0 Å². The van der Waals surface area contributed by atoms with Crippen molar-refractivity contribution in [2.24, 2.45) is 0 Å². The van der Waals surface area contributed by atoms with Crippen LogP contribution in [0.4, 0.5) is 0 Å². The van der Waals surface area contributed by atoms with E-state index in [9.17, 15) is 13.2 Å². The van der Waals surface area contributed by atoms with Crippen molar-refractivity contribution in [2.45, 2.75) is 30.8 Å². The predicted octanol–water partition coefficient (Wildman–Crippen LogP) is 1.68. The first-order valence-corrected chi connectivity index (χ1v) is 6.67. The van der Waals surface area contributed by atoms with Crippen LogP contribution in [-0.2, 0) is 10.1 Å². The van der Waals surface area contributed by atoms with Gasteiger partial charge in [-0.1, -0.05) is 6.92 Å². The third kappa shape index (κ3) is 2.32. The molecule has 0 aromatic heterocycles. The van der Waals surface area contributed by atoms with Crippen LogP contribution in [-0.4, -0.2) is 24.9 Å². The number of hydrogen-bond donors (Lipinski definition) is 1. The molecule has 1 heterocycles. The van der Waals surface area contributed by atoms with Crippen molar-refractivity contribution in [1.29, 1.82) is 0 Å². The van der Waals surface area contributed by atoms with E-state index in [0.717, 1.165) is 0 Å². The third-order valence-corrected chi connectivity index (χ3v) is 3.56. The molecule has 1 atom stereocenters. The van der Waals surface area contributed by atoms with Crippen LogP contribution in [0.3, 0.4) is 0 Å². The molecule has 1 aromatic carbocycles. The van der Waals surface area contributed by atoms with Gasteiger partial charge < -0.3 is 4.74 Å². The molecular formula is C11H12O5S. The monoisotopic (exact) mass is 256 g/mol. The molecule has 0 radical (unpaired) electrons. The van der Waals surface area contributed by atoms with Gasteiger partial charge >= 0.3 is 0 Å². The Morgan fingerprint density at radius 1 is 1.47 bits per heavy atom. The summed E-state index contributed by atoms with van der Waals surface area (Å²) in [5.41, 5.74) is 0.363. The number of ketones is 1. The molecule has 1 aromatic rings. The largest absolute Gasteiger partial charge is 0.489 e. The lowest BCUT2D eigenvalue weighted by molar-refractivity contribution is 0.0844. The summed E-state index contributed by atoms with van der Waals surface area (Å²) in [5, 5.41) is 0. The number of Topliss-reactive ketones (excluding diaryl/α,β-unsaturated/α-hetero) is 1. The van der Waals surface area contributed by atoms with Crippen molar-refractivity contribution >= 4 is 15.9 Å².